The largest absolute Gasteiger partial charge is 0.467 e. The number of aromatic nitrogens is 2. The van der Waals surface area contributed by atoms with E-state index in [1.807, 2.05) is 0 Å². The van der Waals surface area contributed by atoms with E-state index in [-0.39, 0.29) is 18.4 Å². The van der Waals surface area contributed by atoms with Gasteiger partial charge in [0.1, 0.15) is 18.1 Å². The van der Waals surface area contributed by atoms with Crippen LogP contribution in [0.2, 0.25) is 0 Å². The second kappa shape index (κ2) is 7.39. The third kappa shape index (κ3) is 3.70. The second-order valence-electron chi connectivity index (χ2n) is 5.27. The maximum absolute atomic E-state index is 12.2. The van der Waals surface area contributed by atoms with Gasteiger partial charge in [-0.1, -0.05) is 6.08 Å². The fourth-order valence-corrected chi connectivity index (χ4v) is 3.46. The molecule has 3 rings (SSSR count). The molecule has 0 spiro atoms. The Morgan fingerprint density at radius 1 is 1.46 bits per heavy atom. The summed E-state index contributed by atoms with van der Waals surface area (Å²) < 4.78 is 6.74. The fraction of sp³-hybridized carbons (Fsp3) is 0.312. The van der Waals surface area contributed by atoms with E-state index in [1.165, 1.54) is 6.08 Å². The zero-order valence-corrected chi connectivity index (χ0v) is 14.1. The Bertz CT molecular complexity index is 765. The van der Waals surface area contributed by atoms with Crippen LogP contribution in [0.15, 0.2) is 35.0 Å². The van der Waals surface area contributed by atoms with Crippen molar-refractivity contribution in [3.63, 3.8) is 0 Å². The van der Waals surface area contributed by atoms with Crippen molar-refractivity contribution in [3.05, 3.63) is 47.6 Å². The third-order valence-corrected chi connectivity index (χ3v) is 4.48. The summed E-state index contributed by atoms with van der Waals surface area (Å²) in [5.41, 5.74) is 1.92. The van der Waals surface area contributed by atoms with Crippen LogP contribution < -0.4 is 10.6 Å². The summed E-state index contributed by atoms with van der Waals surface area (Å²) in [6, 6.07) is 3.56. The van der Waals surface area contributed by atoms with Crippen LogP contribution in [0.5, 0.6) is 0 Å². The summed E-state index contributed by atoms with van der Waals surface area (Å²) in [6.45, 7) is 2.14. The van der Waals surface area contributed by atoms with Gasteiger partial charge in [-0.3, -0.25) is 9.59 Å². The van der Waals surface area contributed by atoms with Crippen molar-refractivity contribution >= 4 is 29.4 Å². The first-order valence-electron chi connectivity index (χ1n) is 7.56. The van der Waals surface area contributed by atoms with Gasteiger partial charge in [-0.05, 0) is 25.1 Å². The van der Waals surface area contributed by atoms with E-state index in [0.717, 1.165) is 22.8 Å². The van der Waals surface area contributed by atoms with Gasteiger partial charge in [-0.15, -0.1) is 0 Å². The van der Waals surface area contributed by atoms with Gasteiger partial charge < -0.3 is 15.1 Å². The zero-order valence-electron chi connectivity index (χ0n) is 13.2. The Morgan fingerprint density at radius 3 is 3.08 bits per heavy atom. The molecule has 0 aromatic carbocycles. The molecule has 2 aromatic rings. The monoisotopic (exact) mass is 346 g/mol. The van der Waals surface area contributed by atoms with E-state index in [2.05, 4.69) is 15.7 Å². The van der Waals surface area contributed by atoms with Gasteiger partial charge in [0.15, 0.2) is 0 Å². The van der Waals surface area contributed by atoms with Crippen LogP contribution in [0.25, 0.3) is 0 Å². The van der Waals surface area contributed by atoms with Crippen LogP contribution in [0.1, 0.15) is 23.9 Å². The summed E-state index contributed by atoms with van der Waals surface area (Å²) >= 11 is 1.74. The molecule has 0 fully saturated rings. The molecule has 7 nitrogen and oxygen atoms in total. The third-order valence-electron chi connectivity index (χ3n) is 3.51. The summed E-state index contributed by atoms with van der Waals surface area (Å²) in [6.07, 6.45) is 4.68. The number of hydrogen-bond acceptors (Lipinski definition) is 5. The molecule has 0 bridgehead atoms. The van der Waals surface area contributed by atoms with Crippen LogP contribution in [-0.2, 0) is 34.2 Å². The van der Waals surface area contributed by atoms with Gasteiger partial charge >= 0.3 is 0 Å². The average molecular weight is 346 g/mol. The summed E-state index contributed by atoms with van der Waals surface area (Å²) in [7, 11) is 0. The molecule has 3 heterocycles. The predicted octanol–water partition coefficient (Wildman–Crippen LogP) is 2.05. The lowest BCUT2D eigenvalue weighted by atomic mass is 10.3. The molecular weight excluding hydrogens is 328 g/mol. The highest BCUT2D eigenvalue weighted by molar-refractivity contribution is 7.98. The lowest BCUT2D eigenvalue weighted by molar-refractivity contribution is -0.122. The molecule has 24 heavy (non-hydrogen) atoms. The highest BCUT2D eigenvalue weighted by Crippen LogP contribution is 2.34. The van der Waals surface area contributed by atoms with E-state index in [4.69, 9.17) is 4.42 Å². The minimum Gasteiger partial charge on any atom is -0.467 e. The Balaban J connectivity index is 1.70. The Kier molecular flexibility index (Phi) is 5.05. The van der Waals surface area contributed by atoms with Crippen molar-refractivity contribution in [3.8, 4) is 0 Å². The molecule has 0 aliphatic carbocycles. The lowest BCUT2D eigenvalue weighted by Crippen LogP contribution is -2.28. The Morgan fingerprint density at radius 2 is 2.33 bits per heavy atom. The number of hydrogen-bond donors (Lipinski definition) is 2. The number of rotatable bonds is 6. The molecular formula is C16H18N4O3S. The van der Waals surface area contributed by atoms with Gasteiger partial charge in [0, 0.05) is 17.1 Å². The number of carbonyl (C=O) groups excluding carboxylic acids is 2. The summed E-state index contributed by atoms with van der Waals surface area (Å²) in [5, 5.41) is 10.1. The van der Waals surface area contributed by atoms with Gasteiger partial charge in [-0.2, -0.15) is 16.9 Å². The fourth-order valence-electron chi connectivity index (χ4n) is 2.42. The number of nitrogens with one attached hydrogen (secondary N) is 2. The predicted molar refractivity (Wildman–Crippen MR) is 91.2 cm³/mol. The first kappa shape index (κ1) is 16.4. The number of carbonyl (C=O) groups is 2. The zero-order chi connectivity index (χ0) is 16.9. The van der Waals surface area contributed by atoms with Gasteiger partial charge in [0.25, 0.3) is 0 Å². The highest BCUT2D eigenvalue weighted by Gasteiger charge is 2.24. The van der Waals surface area contributed by atoms with E-state index < -0.39 is 0 Å². The molecule has 0 atom stereocenters. The number of anilines is 1. The van der Waals surface area contributed by atoms with Crippen LogP contribution in [0.3, 0.4) is 0 Å². The molecule has 2 N–H and O–H groups in total. The number of thioether (sulfide) groups is 1. The molecule has 1 aliphatic heterocycles. The first-order chi connectivity index (χ1) is 11.7. The number of furan rings is 1. The van der Waals surface area contributed by atoms with Crippen LogP contribution in [0.4, 0.5) is 5.82 Å². The number of nitrogens with zero attached hydrogens (tertiary/aromatic N) is 2. The van der Waals surface area contributed by atoms with Crippen molar-refractivity contribution in [2.24, 2.45) is 0 Å². The van der Waals surface area contributed by atoms with Gasteiger partial charge in [0.05, 0.1) is 18.5 Å². The molecule has 0 saturated carbocycles. The number of allylic oxidation sites excluding steroid dienone is 1. The van der Waals surface area contributed by atoms with Crippen molar-refractivity contribution in [2.45, 2.75) is 31.5 Å². The maximum Gasteiger partial charge on any atom is 0.249 e. The van der Waals surface area contributed by atoms with Crippen molar-refractivity contribution in [2.75, 3.05) is 5.32 Å². The van der Waals surface area contributed by atoms with Crippen molar-refractivity contribution < 1.29 is 14.0 Å². The molecule has 8 heteroatoms. The molecule has 126 valence electrons. The van der Waals surface area contributed by atoms with Gasteiger partial charge in [0.2, 0.25) is 11.8 Å². The van der Waals surface area contributed by atoms with Gasteiger partial charge in [-0.25, -0.2) is 4.68 Å². The molecule has 0 radical (unpaired) electrons. The smallest absolute Gasteiger partial charge is 0.249 e. The van der Waals surface area contributed by atoms with Crippen molar-refractivity contribution in [1.82, 2.24) is 15.1 Å². The molecule has 2 aromatic heterocycles. The normalized spacial score (nSPS) is 13.2. The Hall–Kier alpha value is -2.48. The van der Waals surface area contributed by atoms with E-state index in [0.29, 0.717) is 18.1 Å². The van der Waals surface area contributed by atoms with E-state index in [1.54, 1.807) is 47.8 Å². The molecule has 2 amide bonds. The second-order valence-corrected chi connectivity index (χ2v) is 6.26. The topological polar surface area (TPSA) is 89.2 Å². The first-order valence-corrected chi connectivity index (χ1v) is 8.72. The number of fused-ring (bicyclic) bond motifs is 1. The highest BCUT2D eigenvalue weighted by atomic mass is 32.2. The number of amides is 2. The summed E-state index contributed by atoms with van der Waals surface area (Å²) in [4.78, 5) is 24.0. The van der Waals surface area contributed by atoms with E-state index >= 15 is 0 Å². The summed E-state index contributed by atoms with van der Waals surface area (Å²) in [5.74, 6) is 2.45. The van der Waals surface area contributed by atoms with Crippen LogP contribution in [0, 0.1) is 0 Å². The van der Waals surface area contributed by atoms with Crippen LogP contribution in [-0.4, -0.2) is 21.6 Å². The quantitative estimate of drug-likeness (QED) is 0.782. The van der Waals surface area contributed by atoms with Crippen LogP contribution >= 0.6 is 11.8 Å². The van der Waals surface area contributed by atoms with E-state index in [9.17, 15) is 9.59 Å². The average Bonchev–Trinajstić information content (AvgIpc) is 3.26. The SMILES string of the molecule is C/C=C\C(=O)Nc1c2c(nn1CC(=O)NCc1ccco1)CSC2. The molecule has 1 aliphatic rings. The standard InChI is InChI=1S/C16H18N4O3S/c1-2-4-14(21)18-16-12-9-24-10-13(12)19-20(16)8-15(22)17-7-11-5-3-6-23-11/h2-6H,7-10H2,1H3,(H,17,22)(H,18,21)/b4-2-. The molecule has 0 saturated heterocycles. The molecule has 0 unspecified atom stereocenters. The Labute approximate surface area is 143 Å². The minimum atomic E-state index is -0.227. The maximum atomic E-state index is 12.2. The van der Waals surface area contributed by atoms with Crippen molar-refractivity contribution in [1.29, 1.82) is 0 Å². The lowest BCUT2D eigenvalue weighted by Gasteiger charge is -2.10. The minimum absolute atomic E-state index is 0.0455.